The summed E-state index contributed by atoms with van der Waals surface area (Å²) in [6, 6.07) is 7.72. The molecule has 1 amide bonds. The predicted octanol–water partition coefficient (Wildman–Crippen LogP) is 1.75. The Hall–Kier alpha value is -2.60. The van der Waals surface area contributed by atoms with Gasteiger partial charge in [0.05, 0.1) is 19.3 Å². The Morgan fingerprint density at radius 3 is 2.78 bits per heavy atom. The zero-order valence-electron chi connectivity index (χ0n) is 13.2. The number of ether oxygens (including phenoxy) is 2. The first-order valence-electron chi connectivity index (χ1n) is 7.27. The summed E-state index contributed by atoms with van der Waals surface area (Å²) >= 11 is 0. The van der Waals surface area contributed by atoms with Crippen LogP contribution in [-0.4, -0.2) is 43.8 Å². The molecule has 1 aromatic heterocycles. The molecule has 6 heteroatoms. The highest BCUT2D eigenvalue weighted by Crippen LogP contribution is 2.21. The summed E-state index contributed by atoms with van der Waals surface area (Å²) in [6.45, 7) is 1.50. The van der Waals surface area contributed by atoms with Crippen LogP contribution in [0.25, 0.3) is 10.9 Å². The van der Waals surface area contributed by atoms with Crippen molar-refractivity contribution in [3.05, 3.63) is 48.2 Å². The summed E-state index contributed by atoms with van der Waals surface area (Å²) in [7, 11) is 2.95. The second-order valence-corrected chi connectivity index (χ2v) is 4.88. The Morgan fingerprint density at radius 1 is 1.26 bits per heavy atom. The number of carbonyl (C=O) groups is 2. The molecule has 23 heavy (non-hydrogen) atoms. The number of carbonyl (C=O) groups excluding carboxylic acids is 2. The first kappa shape index (κ1) is 16.8. The lowest BCUT2D eigenvalue weighted by atomic mass is 10.1. The number of aromatic nitrogens is 1. The molecule has 0 radical (unpaired) electrons. The number of amides is 1. The number of nitrogens with zero attached hydrogens (tertiary/aromatic N) is 1. The minimum absolute atomic E-state index is 0.188. The Labute approximate surface area is 134 Å². The molecule has 0 spiro atoms. The van der Waals surface area contributed by atoms with Gasteiger partial charge in [-0.2, -0.15) is 0 Å². The van der Waals surface area contributed by atoms with E-state index in [-0.39, 0.29) is 12.5 Å². The highest BCUT2D eigenvalue weighted by Gasteiger charge is 2.13. The van der Waals surface area contributed by atoms with E-state index in [0.717, 1.165) is 10.9 Å². The van der Waals surface area contributed by atoms with Gasteiger partial charge >= 0.3 is 5.97 Å². The molecule has 0 bridgehead atoms. The number of nitrogens with one attached hydrogen (secondary N) is 1. The van der Waals surface area contributed by atoms with Crippen LogP contribution in [0, 0.1) is 0 Å². The van der Waals surface area contributed by atoms with Gasteiger partial charge in [-0.25, -0.2) is 4.79 Å². The molecule has 2 aromatic rings. The molecule has 0 atom stereocenters. The standard InChI is InChI=1S/C17H20N2O4/c1-22-11-10-19-12-14(13-6-3-4-7-15(13)19)17(21)18-9-5-8-16(20)23-2/h3-8,12H,9-11H2,1-2H3,(H,18,21)/b8-5+. The summed E-state index contributed by atoms with van der Waals surface area (Å²) in [5, 5.41) is 3.65. The van der Waals surface area contributed by atoms with E-state index in [0.29, 0.717) is 18.7 Å². The van der Waals surface area contributed by atoms with Gasteiger partial charge in [-0.3, -0.25) is 4.79 Å². The first-order chi connectivity index (χ1) is 11.2. The van der Waals surface area contributed by atoms with Crippen molar-refractivity contribution >= 4 is 22.8 Å². The van der Waals surface area contributed by atoms with Crippen LogP contribution in [0.2, 0.25) is 0 Å². The van der Waals surface area contributed by atoms with E-state index >= 15 is 0 Å². The lowest BCUT2D eigenvalue weighted by molar-refractivity contribution is -0.134. The van der Waals surface area contributed by atoms with Crippen molar-refractivity contribution in [1.82, 2.24) is 9.88 Å². The number of rotatable bonds is 7. The predicted molar refractivity (Wildman–Crippen MR) is 87.3 cm³/mol. The molecular formula is C17H20N2O4. The van der Waals surface area contributed by atoms with Gasteiger partial charge in [0.25, 0.3) is 5.91 Å². The molecular weight excluding hydrogens is 296 g/mol. The second kappa shape index (κ2) is 8.14. The van der Waals surface area contributed by atoms with Gasteiger partial charge in [0.1, 0.15) is 0 Å². The van der Waals surface area contributed by atoms with Gasteiger partial charge in [-0.15, -0.1) is 0 Å². The number of benzene rings is 1. The van der Waals surface area contributed by atoms with E-state index < -0.39 is 5.97 Å². The van der Waals surface area contributed by atoms with Crippen LogP contribution in [0.3, 0.4) is 0 Å². The highest BCUT2D eigenvalue weighted by atomic mass is 16.5. The monoisotopic (exact) mass is 316 g/mol. The van der Waals surface area contributed by atoms with Crippen molar-refractivity contribution in [2.75, 3.05) is 27.4 Å². The Kier molecular flexibility index (Phi) is 5.94. The molecule has 0 saturated heterocycles. The van der Waals surface area contributed by atoms with E-state index in [1.165, 1.54) is 13.2 Å². The maximum atomic E-state index is 12.4. The summed E-state index contributed by atoms with van der Waals surface area (Å²) in [4.78, 5) is 23.3. The largest absolute Gasteiger partial charge is 0.466 e. The van der Waals surface area contributed by atoms with Gasteiger partial charge in [0.2, 0.25) is 0 Å². The average molecular weight is 316 g/mol. The van der Waals surface area contributed by atoms with Crippen molar-refractivity contribution in [2.45, 2.75) is 6.54 Å². The van der Waals surface area contributed by atoms with Gasteiger partial charge in [0.15, 0.2) is 0 Å². The normalized spacial score (nSPS) is 11.0. The third-order valence-electron chi connectivity index (χ3n) is 3.41. The third kappa shape index (κ3) is 4.20. The molecule has 122 valence electrons. The minimum Gasteiger partial charge on any atom is -0.466 e. The fourth-order valence-corrected chi connectivity index (χ4v) is 2.27. The van der Waals surface area contributed by atoms with Crippen molar-refractivity contribution in [3.8, 4) is 0 Å². The number of para-hydroxylation sites is 1. The number of esters is 1. The van der Waals surface area contributed by atoms with Crippen molar-refractivity contribution in [3.63, 3.8) is 0 Å². The minimum atomic E-state index is -0.449. The lowest BCUT2D eigenvalue weighted by Crippen LogP contribution is -2.23. The summed E-state index contributed by atoms with van der Waals surface area (Å²) in [5.41, 5.74) is 1.59. The molecule has 0 aliphatic heterocycles. The van der Waals surface area contributed by atoms with Crippen molar-refractivity contribution in [2.24, 2.45) is 0 Å². The summed E-state index contributed by atoms with van der Waals surface area (Å²) < 4.78 is 11.6. The van der Waals surface area contributed by atoms with Crippen LogP contribution in [0.1, 0.15) is 10.4 Å². The van der Waals surface area contributed by atoms with Crippen LogP contribution in [-0.2, 0) is 20.8 Å². The van der Waals surface area contributed by atoms with Crippen molar-refractivity contribution < 1.29 is 19.1 Å². The number of hydrogen-bond donors (Lipinski definition) is 1. The Morgan fingerprint density at radius 2 is 2.04 bits per heavy atom. The quantitative estimate of drug-likeness (QED) is 0.624. The van der Waals surface area contributed by atoms with Crippen LogP contribution < -0.4 is 5.32 Å². The van der Waals surface area contributed by atoms with E-state index in [4.69, 9.17) is 4.74 Å². The molecule has 2 rings (SSSR count). The van der Waals surface area contributed by atoms with E-state index in [2.05, 4.69) is 10.1 Å². The molecule has 0 unspecified atom stereocenters. The molecule has 0 aliphatic rings. The zero-order chi connectivity index (χ0) is 16.7. The number of methoxy groups -OCH3 is 2. The Balaban J connectivity index is 2.13. The summed E-state index contributed by atoms with van der Waals surface area (Å²) in [5.74, 6) is -0.637. The Bertz CT molecular complexity index is 718. The van der Waals surface area contributed by atoms with E-state index in [1.807, 2.05) is 35.0 Å². The lowest BCUT2D eigenvalue weighted by Gasteiger charge is -2.03. The molecule has 1 N–H and O–H groups in total. The first-order valence-corrected chi connectivity index (χ1v) is 7.27. The van der Waals surface area contributed by atoms with Gasteiger partial charge in [0, 0.05) is 43.4 Å². The maximum absolute atomic E-state index is 12.4. The summed E-state index contributed by atoms with van der Waals surface area (Å²) in [6.07, 6.45) is 4.65. The fourth-order valence-electron chi connectivity index (χ4n) is 2.27. The SMILES string of the molecule is COCCn1cc(C(=O)NC/C=C/C(=O)OC)c2ccccc21. The van der Waals surface area contributed by atoms with Gasteiger partial charge in [-0.05, 0) is 6.07 Å². The third-order valence-corrected chi connectivity index (χ3v) is 3.41. The molecule has 0 fully saturated rings. The number of fused-ring (bicyclic) bond motifs is 1. The zero-order valence-corrected chi connectivity index (χ0v) is 13.2. The topological polar surface area (TPSA) is 69.6 Å². The maximum Gasteiger partial charge on any atom is 0.330 e. The van der Waals surface area contributed by atoms with Crippen LogP contribution in [0.4, 0.5) is 0 Å². The molecule has 0 aliphatic carbocycles. The van der Waals surface area contributed by atoms with Crippen LogP contribution >= 0.6 is 0 Å². The van der Waals surface area contributed by atoms with Crippen LogP contribution in [0.5, 0.6) is 0 Å². The average Bonchev–Trinajstić information content (AvgIpc) is 2.95. The highest BCUT2D eigenvalue weighted by molar-refractivity contribution is 6.07. The molecule has 0 saturated carbocycles. The number of hydrogen-bond acceptors (Lipinski definition) is 4. The van der Waals surface area contributed by atoms with E-state index in [9.17, 15) is 9.59 Å². The molecule has 1 heterocycles. The van der Waals surface area contributed by atoms with E-state index in [1.54, 1.807) is 13.2 Å². The van der Waals surface area contributed by atoms with Gasteiger partial charge < -0.3 is 19.4 Å². The van der Waals surface area contributed by atoms with Crippen LogP contribution in [0.15, 0.2) is 42.6 Å². The molecule has 1 aromatic carbocycles. The molecule has 6 nitrogen and oxygen atoms in total. The van der Waals surface area contributed by atoms with Gasteiger partial charge in [-0.1, -0.05) is 24.3 Å². The second-order valence-electron chi connectivity index (χ2n) is 4.88. The fraction of sp³-hybridized carbons (Fsp3) is 0.294. The van der Waals surface area contributed by atoms with Crippen molar-refractivity contribution in [1.29, 1.82) is 0 Å². The smallest absolute Gasteiger partial charge is 0.330 e.